The second kappa shape index (κ2) is 5.61. The Labute approximate surface area is 116 Å². The van der Waals surface area contributed by atoms with E-state index in [-0.39, 0.29) is 11.5 Å². The van der Waals surface area contributed by atoms with Gasteiger partial charge in [0.25, 0.3) is 0 Å². The Morgan fingerprint density at radius 1 is 1.32 bits per heavy atom. The molecule has 0 aliphatic rings. The summed E-state index contributed by atoms with van der Waals surface area (Å²) >= 11 is 0. The molecule has 0 aliphatic carbocycles. The maximum Gasteiger partial charge on any atom is 0.241 e. The Balaban J connectivity index is 3.08. The predicted molar refractivity (Wildman–Crippen MR) is 78.3 cm³/mol. The van der Waals surface area contributed by atoms with Crippen LogP contribution in [0.4, 0.5) is 0 Å². The van der Waals surface area contributed by atoms with Crippen molar-refractivity contribution in [3.8, 4) is 0 Å². The van der Waals surface area contributed by atoms with Crippen molar-refractivity contribution in [3.63, 3.8) is 0 Å². The van der Waals surface area contributed by atoms with Gasteiger partial charge in [-0.1, -0.05) is 32.9 Å². The summed E-state index contributed by atoms with van der Waals surface area (Å²) in [6.45, 7) is 10.1. The van der Waals surface area contributed by atoms with Crippen molar-refractivity contribution >= 4 is 10.0 Å². The molecule has 1 unspecified atom stereocenters. The molecule has 0 saturated heterocycles. The fourth-order valence-electron chi connectivity index (χ4n) is 1.61. The zero-order valence-corrected chi connectivity index (χ0v) is 13.1. The van der Waals surface area contributed by atoms with Gasteiger partial charge in [-0.05, 0) is 36.5 Å². The van der Waals surface area contributed by atoms with Gasteiger partial charge in [0.05, 0.1) is 4.90 Å². The molecule has 4 nitrogen and oxygen atoms in total. The monoisotopic (exact) mass is 284 g/mol. The summed E-state index contributed by atoms with van der Waals surface area (Å²) in [6.07, 6.45) is 0. The Morgan fingerprint density at radius 2 is 1.89 bits per heavy atom. The second-order valence-electron chi connectivity index (χ2n) is 6.01. The second-order valence-corrected chi connectivity index (χ2v) is 7.70. The van der Waals surface area contributed by atoms with Gasteiger partial charge in [0.1, 0.15) is 0 Å². The number of rotatable bonds is 4. The molecule has 1 rings (SSSR count). The highest BCUT2D eigenvalue weighted by atomic mass is 32.2. The van der Waals surface area contributed by atoms with E-state index in [0.717, 1.165) is 11.1 Å². The Hall–Kier alpha value is -0.910. The topological polar surface area (TPSA) is 72.2 Å². The van der Waals surface area contributed by atoms with Crippen LogP contribution in [0.15, 0.2) is 23.1 Å². The maximum absolute atomic E-state index is 12.4. The fourth-order valence-corrected chi connectivity index (χ4v) is 3.29. The van der Waals surface area contributed by atoms with Gasteiger partial charge in [-0.2, -0.15) is 0 Å². The number of hydrogen-bond donors (Lipinski definition) is 2. The van der Waals surface area contributed by atoms with Gasteiger partial charge in [0, 0.05) is 12.6 Å². The molecule has 3 N–H and O–H groups in total. The smallest absolute Gasteiger partial charge is 0.241 e. The van der Waals surface area contributed by atoms with Gasteiger partial charge < -0.3 is 5.73 Å². The molecule has 1 aromatic rings. The first-order valence-corrected chi connectivity index (χ1v) is 7.88. The Morgan fingerprint density at radius 3 is 2.32 bits per heavy atom. The van der Waals surface area contributed by atoms with E-state index in [1.807, 2.05) is 33.8 Å². The van der Waals surface area contributed by atoms with E-state index in [0.29, 0.717) is 11.4 Å². The molecule has 0 aromatic heterocycles. The van der Waals surface area contributed by atoms with Crippen LogP contribution in [0.5, 0.6) is 0 Å². The molecule has 0 radical (unpaired) electrons. The van der Waals surface area contributed by atoms with Crippen LogP contribution in [0.2, 0.25) is 0 Å². The number of sulfonamides is 1. The zero-order valence-electron chi connectivity index (χ0n) is 12.3. The third-order valence-electron chi connectivity index (χ3n) is 3.40. The van der Waals surface area contributed by atoms with Gasteiger partial charge in [0.15, 0.2) is 0 Å². The van der Waals surface area contributed by atoms with E-state index >= 15 is 0 Å². The van der Waals surface area contributed by atoms with Gasteiger partial charge in [-0.25, -0.2) is 13.1 Å². The summed E-state index contributed by atoms with van der Waals surface area (Å²) in [5.74, 6) is 0. The van der Waals surface area contributed by atoms with E-state index in [2.05, 4.69) is 4.72 Å². The average Bonchev–Trinajstić information content (AvgIpc) is 2.26. The predicted octanol–water partition coefficient (Wildman–Crippen LogP) is 2.17. The van der Waals surface area contributed by atoms with Crippen molar-refractivity contribution < 1.29 is 8.42 Å². The highest BCUT2D eigenvalue weighted by molar-refractivity contribution is 7.89. The first-order chi connectivity index (χ1) is 8.58. The normalized spacial score (nSPS) is 14.4. The highest BCUT2D eigenvalue weighted by Gasteiger charge is 2.26. The van der Waals surface area contributed by atoms with Gasteiger partial charge in [0.2, 0.25) is 10.0 Å². The molecular formula is C14H24N2O2S. The van der Waals surface area contributed by atoms with Crippen LogP contribution in [-0.4, -0.2) is 14.5 Å². The quantitative estimate of drug-likeness (QED) is 0.890. The van der Waals surface area contributed by atoms with Crippen LogP contribution in [0.1, 0.15) is 38.8 Å². The Bertz CT molecular complexity index is 545. The third-order valence-corrected chi connectivity index (χ3v) is 5.10. The minimum Gasteiger partial charge on any atom is -0.326 e. The molecule has 0 saturated carbocycles. The van der Waals surface area contributed by atoms with Crippen LogP contribution in [0, 0.1) is 12.3 Å². The molecule has 0 heterocycles. The van der Waals surface area contributed by atoms with Crippen molar-refractivity contribution in [1.82, 2.24) is 4.72 Å². The van der Waals surface area contributed by atoms with Gasteiger partial charge >= 0.3 is 0 Å². The van der Waals surface area contributed by atoms with Gasteiger partial charge in [-0.3, -0.25) is 0 Å². The lowest BCUT2D eigenvalue weighted by atomic mass is 9.89. The lowest BCUT2D eigenvalue weighted by Crippen LogP contribution is -2.41. The molecular weight excluding hydrogens is 260 g/mol. The van der Waals surface area contributed by atoms with Crippen LogP contribution in [0.25, 0.3) is 0 Å². The number of aryl methyl sites for hydroxylation is 1. The molecule has 0 fully saturated rings. The lowest BCUT2D eigenvalue weighted by molar-refractivity contribution is 0.317. The molecule has 5 heteroatoms. The first-order valence-electron chi connectivity index (χ1n) is 6.40. The molecule has 0 aliphatic heterocycles. The standard InChI is InChI=1S/C14H24N2O2S/c1-10-8-12(9-15)6-7-13(10)19(17,18)16-11(2)14(3,4)5/h6-8,11,16H,9,15H2,1-5H3. The van der Waals surface area contributed by atoms with Crippen LogP contribution in [0.3, 0.4) is 0 Å². The van der Waals surface area contributed by atoms with Crippen LogP contribution >= 0.6 is 0 Å². The van der Waals surface area contributed by atoms with Gasteiger partial charge in [-0.15, -0.1) is 0 Å². The zero-order chi connectivity index (χ0) is 14.8. The van der Waals surface area contributed by atoms with Crippen molar-refractivity contribution in [1.29, 1.82) is 0 Å². The van der Waals surface area contributed by atoms with Crippen molar-refractivity contribution in [2.24, 2.45) is 11.1 Å². The number of benzene rings is 1. The minimum atomic E-state index is -3.49. The molecule has 19 heavy (non-hydrogen) atoms. The van der Waals surface area contributed by atoms with Crippen molar-refractivity contribution in [2.45, 2.75) is 52.1 Å². The SMILES string of the molecule is Cc1cc(CN)ccc1S(=O)(=O)NC(C)C(C)(C)C. The van der Waals surface area contributed by atoms with Crippen LogP contribution < -0.4 is 10.5 Å². The highest BCUT2D eigenvalue weighted by Crippen LogP contribution is 2.22. The third kappa shape index (κ3) is 4.03. The van der Waals surface area contributed by atoms with Crippen molar-refractivity contribution in [3.05, 3.63) is 29.3 Å². The summed E-state index contributed by atoms with van der Waals surface area (Å²) in [7, 11) is -3.49. The summed E-state index contributed by atoms with van der Waals surface area (Å²) in [5, 5.41) is 0. The van der Waals surface area contributed by atoms with E-state index in [9.17, 15) is 8.42 Å². The number of nitrogens with two attached hydrogens (primary N) is 1. The maximum atomic E-state index is 12.4. The molecule has 0 spiro atoms. The summed E-state index contributed by atoms with van der Waals surface area (Å²) in [5.41, 5.74) is 7.07. The summed E-state index contributed by atoms with van der Waals surface area (Å²) < 4.78 is 27.5. The summed E-state index contributed by atoms with van der Waals surface area (Å²) in [4.78, 5) is 0.320. The number of nitrogens with one attached hydrogen (secondary N) is 1. The van der Waals surface area contributed by atoms with E-state index in [1.165, 1.54) is 0 Å². The molecule has 0 amide bonds. The summed E-state index contributed by atoms with van der Waals surface area (Å²) in [6, 6.07) is 5.04. The molecule has 108 valence electrons. The fraction of sp³-hybridized carbons (Fsp3) is 0.571. The molecule has 1 atom stereocenters. The average molecular weight is 284 g/mol. The Kier molecular flexibility index (Phi) is 4.76. The lowest BCUT2D eigenvalue weighted by Gasteiger charge is -2.28. The largest absolute Gasteiger partial charge is 0.326 e. The van der Waals surface area contributed by atoms with E-state index in [4.69, 9.17) is 5.73 Å². The molecule has 0 bridgehead atoms. The van der Waals surface area contributed by atoms with Crippen molar-refractivity contribution in [2.75, 3.05) is 0 Å². The minimum absolute atomic E-state index is 0.127. The van der Waals surface area contributed by atoms with Crippen LogP contribution in [-0.2, 0) is 16.6 Å². The number of hydrogen-bond acceptors (Lipinski definition) is 3. The van der Waals surface area contributed by atoms with E-state index < -0.39 is 10.0 Å². The molecule has 1 aromatic carbocycles. The first kappa shape index (κ1) is 16.1. The van der Waals surface area contributed by atoms with E-state index in [1.54, 1.807) is 19.1 Å².